The third-order valence-corrected chi connectivity index (χ3v) is 1.30. The molecule has 0 radical (unpaired) electrons. The fourth-order valence-corrected chi connectivity index (χ4v) is 0.743. The van der Waals surface area contributed by atoms with E-state index >= 15 is 0 Å². The first-order valence-corrected chi connectivity index (χ1v) is 5.83. The first kappa shape index (κ1) is 20.3. The molecule has 0 spiro atoms. The minimum atomic E-state index is -4.67. The zero-order valence-electron chi connectivity index (χ0n) is 9.23. The zero-order valence-corrected chi connectivity index (χ0v) is 12.0. The predicted molar refractivity (Wildman–Crippen MR) is 52.9 cm³/mol. The van der Waals surface area contributed by atoms with Crippen LogP contribution >= 0.6 is 0 Å². The van der Waals surface area contributed by atoms with Crippen molar-refractivity contribution < 1.29 is 47.1 Å². The predicted octanol–water partition coefficient (Wildman–Crippen LogP) is -0.468. The van der Waals surface area contributed by atoms with Crippen molar-refractivity contribution in [3.63, 3.8) is 0 Å². The van der Waals surface area contributed by atoms with E-state index in [1.807, 2.05) is 0 Å². The topological polar surface area (TPSA) is 74.6 Å². The normalized spacial score (nSPS) is 9.71. The second-order valence-electron chi connectivity index (χ2n) is 2.64. The Morgan fingerprint density at radius 1 is 1.14 bits per heavy atom. The van der Waals surface area contributed by atoms with E-state index in [9.17, 15) is 0 Å². The molecule has 0 aromatic heterocycles. The minimum absolute atomic E-state index is 0. The van der Waals surface area contributed by atoms with E-state index in [0.29, 0.717) is 0 Å². The Bertz CT molecular complexity index is 166. The SMILES string of the molecule is CC[CH-]CCCCC.O=S(=O)(O)O.[Na+]. The van der Waals surface area contributed by atoms with Crippen LogP contribution in [0.15, 0.2) is 0 Å². The fraction of sp³-hybridized carbons (Fsp3) is 0.875. The van der Waals surface area contributed by atoms with Gasteiger partial charge in [-0.3, -0.25) is 9.11 Å². The quantitative estimate of drug-likeness (QED) is 0.292. The Balaban J connectivity index is -0.000000177. The zero-order chi connectivity index (χ0) is 10.7. The first-order chi connectivity index (χ1) is 5.91. The van der Waals surface area contributed by atoms with Crippen LogP contribution < -0.4 is 29.6 Å². The van der Waals surface area contributed by atoms with Gasteiger partial charge in [-0.25, -0.2) is 0 Å². The molecule has 0 amide bonds. The van der Waals surface area contributed by atoms with Crippen LogP contribution in [-0.2, 0) is 10.4 Å². The standard InChI is InChI=1S/C8H17.Na.H2O4S/c1-3-5-7-8-6-4-2;;1-5(2,3)4/h5H,3-4,6-8H2,1-2H3;;(H2,1,2,3,4)/q-1;+1;. The van der Waals surface area contributed by atoms with Crippen LogP contribution in [0.5, 0.6) is 0 Å². The molecule has 82 valence electrons. The molecule has 0 aromatic carbocycles. The van der Waals surface area contributed by atoms with E-state index in [0.717, 1.165) is 0 Å². The van der Waals surface area contributed by atoms with Crippen LogP contribution in [0.3, 0.4) is 0 Å². The summed E-state index contributed by atoms with van der Waals surface area (Å²) in [5.74, 6) is 0. The average Bonchev–Trinajstić information content (AvgIpc) is 1.95. The van der Waals surface area contributed by atoms with Crippen LogP contribution in [0.1, 0.15) is 46.0 Å². The number of hydrogen-bond donors (Lipinski definition) is 2. The van der Waals surface area contributed by atoms with Crippen molar-refractivity contribution in [3.8, 4) is 0 Å². The molecule has 0 aliphatic carbocycles. The summed E-state index contributed by atoms with van der Waals surface area (Å²) in [6.07, 6.45) is 9.06. The molecule has 0 heterocycles. The fourth-order valence-electron chi connectivity index (χ4n) is 0.743. The summed E-state index contributed by atoms with van der Waals surface area (Å²) in [5, 5.41) is 0. The van der Waals surface area contributed by atoms with Gasteiger partial charge < -0.3 is 6.42 Å². The van der Waals surface area contributed by atoms with Crippen molar-refractivity contribution in [2.75, 3.05) is 0 Å². The van der Waals surface area contributed by atoms with Gasteiger partial charge in [0.05, 0.1) is 0 Å². The van der Waals surface area contributed by atoms with Crippen molar-refractivity contribution in [2.24, 2.45) is 0 Å². The van der Waals surface area contributed by atoms with Gasteiger partial charge in [0, 0.05) is 0 Å². The summed E-state index contributed by atoms with van der Waals surface area (Å²) >= 11 is 0. The number of rotatable bonds is 5. The smallest absolute Gasteiger partial charge is 0.329 e. The Morgan fingerprint density at radius 3 is 1.86 bits per heavy atom. The maximum absolute atomic E-state index is 8.74. The van der Waals surface area contributed by atoms with Crippen LogP contribution in [0.25, 0.3) is 0 Å². The minimum Gasteiger partial charge on any atom is -0.329 e. The van der Waals surface area contributed by atoms with Crippen molar-refractivity contribution in [1.29, 1.82) is 0 Å². The Labute approximate surface area is 109 Å². The second-order valence-corrected chi connectivity index (χ2v) is 3.54. The summed E-state index contributed by atoms with van der Waals surface area (Å²) < 4.78 is 31.6. The molecule has 0 fully saturated rings. The van der Waals surface area contributed by atoms with Gasteiger partial charge in [-0.05, 0) is 0 Å². The molecule has 0 aliphatic rings. The van der Waals surface area contributed by atoms with Crippen molar-refractivity contribution in [1.82, 2.24) is 0 Å². The molecule has 14 heavy (non-hydrogen) atoms. The van der Waals surface area contributed by atoms with Gasteiger partial charge in [-0.1, -0.05) is 33.1 Å². The van der Waals surface area contributed by atoms with E-state index in [-0.39, 0.29) is 29.6 Å². The third-order valence-electron chi connectivity index (χ3n) is 1.30. The Hall–Kier alpha value is 0.870. The molecule has 0 unspecified atom stereocenters. The summed E-state index contributed by atoms with van der Waals surface area (Å²) in [5.41, 5.74) is 0. The average molecular weight is 234 g/mol. The van der Waals surface area contributed by atoms with E-state index in [1.165, 1.54) is 32.1 Å². The number of hydrogen-bond acceptors (Lipinski definition) is 2. The molecule has 0 saturated heterocycles. The molecule has 2 N–H and O–H groups in total. The first-order valence-electron chi connectivity index (χ1n) is 4.43. The number of unbranched alkanes of at least 4 members (excludes halogenated alkanes) is 5. The largest absolute Gasteiger partial charge is 1.00 e. The van der Waals surface area contributed by atoms with E-state index in [1.54, 1.807) is 0 Å². The summed E-state index contributed by atoms with van der Waals surface area (Å²) in [6.45, 7) is 4.44. The van der Waals surface area contributed by atoms with E-state index < -0.39 is 10.4 Å². The molecule has 0 aromatic rings. The molecule has 0 rings (SSSR count). The molecular formula is C8H19NaO4S. The van der Waals surface area contributed by atoms with Gasteiger partial charge in [-0.2, -0.15) is 21.3 Å². The van der Waals surface area contributed by atoms with Gasteiger partial charge in [0.15, 0.2) is 0 Å². The summed E-state index contributed by atoms with van der Waals surface area (Å²) in [6, 6.07) is 0. The molecular weight excluding hydrogens is 215 g/mol. The van der Waals surface area contributed by atoms with Gasteiger partial charge in [0.25, 0.3) is 0 Å². The van der Waals surface area contributed by atoms with E-state index in [4.69, 9.17) is 17.5 Å². The van der Waals surface area contributed by atoms with Gasteiger partial charge >= 0.3 is 40.0 Å². The maximum atomic E-state index is 8.74. The van der Waals surface area contributed by atoms with Gasteiger partial charge in [-0.15, -0.1) is 0 Å². The van der Waals surface area contributed by atoms with Crippen LogP contribution in [0.4, 0.5) is 0 Å². The van der Waals surface area contributed by atoms with Gasteiger partial charge in [0.1, 0.15) is 0 Å². The van der Waals surface area contributed by atoms with Crippen LogP contribution in [0.2, 0.25) is 0 Å². The third kappa shape index (κ3) is 52.6. The molecule has 0 saturated carbocycles. The van der Waals surface area contributed by atoms with Crippen LogP contribution in [-0.4, -0.2) is 17.5 Å². The Morgan fingerprint density at radius 2 is 1.57 bits per heavy atom. The summed E-state index contributed by atoms with van der Waals surface area (Å²) in [4.78, 5) is 0. The molecule has 0 atom stereocenters. The maximum Gasteiger partial charge on any atom is 1.00 e. The van der Waals surface area contributed by atoms with Crippen molar-refractivity contribution in [2.45, 2.75) is 46.0 Å². The molecule has 0 aliphatic heterocycles. The van der Waals surface area contributed by atoms with Crippen molar-refractivity contribution >= 4 is 10.4 Å². The van der Waals surface area contributed by atoms with Crippen molar-refractivity contribution in [3.05, 3.63) is 6.42 Å². The Kier molecular flexibility index (Phi) is 20.1. The van der Waals surface area contributed by atoms with Gasteiger partial charge in [0.2, 0.25) is 0 Å². The molecule has 4 nitrogen and oxygen atoms in total. The van der Waals surface area contributed by atoms with Crippen LogP contribution in [0, 0.1) is 6.42 Å². The molecule has 0 bridgehead atoms. The van der Waals surface area contributed by atoms with E-state index in [2.05, 4.69) is 20.3 Å². The molecule has 6 heteroatoms. The summed E-state index contributed by atoms with van der Waals surface area (Å²) in [7, 11) is -4.67. The second kappa shape index (κ2) is 13.9. The monoisotopic (exact) mass is 234 g/mol.